The van der Waals surface area contributed by atoms with E-state index in [9.17, 15) is 37.8 Å². The van der Waals surface area contributed by atoms with Gasteiger partial charge in [0, 0.05) is 13.0 Å². The third-order valence-corrected chi connectivity index (χ3v) is 4.47. The molecule has 0 aromatic heterocycles. The SMILES string of the molecule is O=C(C[C@@H](O)CNC(=O)OCc1ccccc1)N[C@@H](Cc1ccc(C(F)(F)F)cc1)C(=O)O. The van der Waals surface area contributed by atoms with Gasteiger partial charge in [0.1, 0.15) is 12.6 Å². The van der Waals surface area contributed by atoms with Crippen LogP contribution in [-0.2, 0) is 33.5 Å². The van der Waals surface area contributed by atoms with Gasteiger partial charge in [-0.15, -0.1) is 0 Å². The summed E-state index contributed by atoms with van der Waals surface area (Å²) in [6.07, 6.45) is -7.38. The maximum Gasteiger partial charge on any atom is 0.416 e. The normalized spacial score (nSPS) is 13.0. The van der Waals surface area contributed by atoms with Gasteiger partial charge in [0.25, 0.3) is 0 Å². The van der Waals surface area contributed by atoms with Crippen LogP contribution >= 0.6 is 0 Å². The van der Waals surface area contributed by atoms with Crippen LogP contribution < -0.4 is 10.6 Å². The number of ether oxygens (including phenoxy) is 1. The average Bonchev–Trinajstić information content (AvgIpc) is 2.76. The van der Waals surface area contributed by atoms with Gasteiger partial charge in [0.15, 0.2) is 0 Å². The molecule has 2 amide bonds. The van der Waals surface area contributed by atoms with Crippen LogP contribution in [0.3, 0.4) is 0 Å². The first-order valence-electron chi connectivity index (χ1n) is 9.85. The molecule has 0 aliphatic carbocycles. The molecule has 0 heterocycles. The van der Waals surface area contributed by atoms with Crippen LogP contribution in [0.2, 0.25) is 0 Å². The van der Waals surface area contributed by atoms with Gasteiger partial charge in [0.2, 0.25) is 5.91 Å². The van der Waals surface area contributed by atoms with E-state index in [4.69, 9.17) is 4.74 Å². The summed E-state index contributed by atoms with van der Waals surface area (Å²) in [5.41, 5.74) is 0.166. The van der Waals surface area contributed by atoms with E-state index in [2.05, 4.69) is 10.6 Å². The molecular formula is C22H23F3N2O6. The first-order chi connectivity index (χ1) is 15.5. The number of hydrogen-bond donors (Lipinski definition) is 4. The zero-order valence-electron chi connectivity index (χ0n) is 17.3. The molecule has 0 radical (unpaired) electrons. The van der Waals surface area contributed by atoms with Gasteiger partial charge in [-0.05, 0) is 23.3 Å². The monoisotopic (exact) mass is 468 g/mol. The van der Waals surface area contributed by atoms with Crippen molar-refractivity contribution in [2.24, 2.45) is 0 Å². The number of halogens is 3. The molecule has 2 aromatic rings. The Kier molecular flexibility index (Phi) is 9.22. The van der Waals surface area contributed by atoms with Gasteiger partial charge >= 0.3 is 18.2 Å². The summed E-state index contributed by atoms with van der Waals surface area (Å²) in [4.78, 5) is 35.2. The molecule has 2 aromatic carbocycles. The van der Waals surface area contributed by atoms with Gasteiger partial charge in [-0.2, -0.15) is 13.2 Å². The summed E-state index contributed by atoms with van der Waals surface area (Å²) in [6.45, 7) is -0.287. The number of benzene rings is 2. The van der Waals surface area contributed by atoms with E-state index >= 15 is 0 Å². The lowest BCUT2D eigenvalue weighted by atomic mass is 10.0. The van der Waals surface area contributed by atoms with E-state index in [1.54, 1.807) is 24.3 Å². The number of rotatable bonds is 10. The van der Waals surface area contributed by atoms with E-state index in [0.717, 1.165) is 29.8 Å². The van der Waals surface area contributed by atoms with E-state index in [0.29, 0.717) is 0 Å². The molecule has 0 bridgehead atoms. The number of carboxylic acid groups (broad SMARTS) is 1. The topological polar surface area (TPSA) is 125 Å². The number of hydrogen-bond acceptors (Lipinski definition) is 5. The minimum absolute atomic E-state index is 0.0213. The molecule has 0 fully saturated rings. The minimum atomic E-state index is -4.52. The van der Waals surface area contributed by atoms with E-state index in [1.165, 1.54) is 0 Å². The molecule has 0 saturated heterocycles. The van der Waals surface area contributed by atoms with Crippen molar-refractivity contribution in [1.29, 1.82) is 0 Å². The molecule has 0 aliphatic rings. The largest absolute Gasteiger partial charge is 0.480 e. The summed E-state index contributed by atoms with van der Waals surface area (Å²) in [6, 6.07) is 11.4. The van der Waals surface area contributed by atoms with Crippen molar-refractivity contribution < 1.29 is 42.5 Å². The van der Waals surface area contributed by atoms with Crippen LogP contribution in [0.4, 0.5) is 18.0 Å². The molecule has 4 N–H and O–H groups in total. The molecule has 33 heavy (non-hydrogen) atoms. The van der Waals surface area contributed by atoms with E-state index in [1.807, 2.05) is 6.07 Å². The summed E-state index contributed by atoms with van der Waals surface area (Å²) < 4.78 is 42.9. The molecular weight excluding hydrogens is 445 g/mol. The van der Waals surface area contributed by atoms with Crippen molar-refractivity contribution in [3.8, 4) is 0 Å². The molecule has 2 rings (SSSR count). The summed E-state index contributed by atoms with van der Waals surface area (Å²) in [5, 5.41) is 23.7. The highest BCUT2D eigenvalue weighted by Crippen LogP contribution is 2.29. The Balaban J connectivity index is 1.77. The smallest absolute Gasteiger partial charge is 0.416 e. The molecule has 11 heteroatoms. The first kappa shape index (κ1) is 25.7. The second-order valence-corrected chi connectivity index (χ2v) is 7.16. The quantitative estimate of drug-likeness (QED) is 0.425. The third kappa shape index (κ3) is 9.19. The zero-order chi connectivity index (χ0) is 24.4. The Morgan fingerprint density at radius 1 is 0.970 bits per heavy atom. The number of aliphatic hydroxyl groups excluding tert-OH is 1. The summed E-state index contributed by atoms with van der Waals surface area (Å²) in [5.74, 6) is -2.19. The maximum absolute atomic E-state index is 12.6. The van der Waals surface area contributed by atoms with Crippen LogP contribution in [0, 0.1) is 0 Å². The first-order valence-corrected chi connectivity index (χ1v) is 9.85. The van der Waals surface area contributed by atoms with Crippen LogP contribution in [0.1, 0.15) is 23.1 Å². The van der Waals surface area contributed by atoms with Gasteiger partial charge < -0.3 is 25.6 Å². The lowest BCUT2D eigenvalue weighted by molar-refractivity contribution is -0.142. The number of carboxylic acids is 1. The molecule has 8 nitrogen and oxygen atoms in total. The number of alkyl halides is 3. The Hall–Kier alpha value is -3.60. The van der Waals surface area contributed by atoms with Gasteiger partial charge in [0.05, 0.1) is 18.1 Å². The molecule has 0 unspecified atom stereocenters. The number of carbonyl (C=O) groups is 3. The van der Waals surface area contributed by atoms with Crippen LogP contribution in [-0.4, -0.2) is 46.9 Å². The zero-order valence-corrected chi connectivity index (χ0v) is 17.3. The number of aliphatic carboxylic acids is 1. The highest BCUT2D eigenvalue weighted by molar-refractivity contribution is 5.84. The van der Waals surface area contributed by atoms with Crippen LogP contribution in [0.5, 0.6) is 0 Å². The van der Waals surface area contributed by atoms with Crippen molar-refractivity contribution in [2.75, 3.05) is 6.54 Å². The van der Waals surface area contributed by atoms with Crippen molar-refractivity contribution in [3.63, 3.8) is 0 Å². The molecule has 178 valence electrons. The molecule has 2 atom stereocenters. The Labute approximate surface area is 187 Å². The van der Waals surface area contributed by atoms with Crippen molar-refractivity contribution >= 4 is 18.0 Å². The number of aliphatic hydroxyl groups is 1. The van der Waals surface area contributed by atoms with Crippen LogP contribution in [0.15, 0.2) is 54.6 Å². The highest BCUT2D eigenvalue weighted by atomic mass is 19.4. The second-order valence-electron chi connectivity index (χ2n) is 7.16. The minimum Gasteiger partial charge on any atom is -0.480 e. The predicted octanol–water partition coefficient (Wildman–Crippen LogP) is 2.49. The Morgan fingerprint density at radius 2 is 1.61 bits per heavy atom. The Bertz CT molecular complexity index is 935. The van der Waals surface area contributed by atoms with Crippen LogP contribution in [0.25, 0.3) is 0 Å². The lowest BCUT2D eigenvalue weighted by Gasteiger charge is -2.17. The van der Waals surface area contributed by atoms with Crippen molar-refractivity contribution in [2.45, 2.75) is 37.8 Å². The summed E-state index contributed by atoms with van der Waals surface area (Å²) in [7, 11) is 0. The fourth-order valence-electron chi connectivity index (χ4n) is 2.78. The van der Waals surface area contributed by atoms with Crippen molar-refractivity contribution in [3.05, 3.63) is 71.3 Å². The third-order valence-electron chi connectivity index (χ3n) is 4.47. The highest BCUT2D eigenvalue weighted by Gasteiger charge is 2.30. The molecule has 0 aliphatic heterocycles. The standard InChI is InChI=1S/C22H23F3N2O6/c23-22(24,25)16-8-6-14(7-9-16)10-18(20(30)31)27-19(29)11-17(28)12-26-21(32)33-13-15-4-2-1-3-5-15/h1-9,17-18,28H,10-13H2,(H,26,32)(H,27,29)(H,30,31)/t17-,18+/m1/s1. The molecule has 0 spiro atoms. The fraction of sp³-hybridized carbons (Fsp3) is 0.318. The van der Waals surface area contributed by atoms with E-state index in [-0.39, 0.29) is 25.1 Å². The van der Waals surface area contributed by atoms with E-state index < -0.39 is 48.3 Å². The fourth-order valence-corrected chi connectivity index (χ4v) is 2.78. The molecule has 0 saturated carbocycles. The Morgan fingerprint density at radius 3 is 2.18 bits per heavy atom. The second kappa shape index (κ2) is 11.9. The number of alkyl carbamates (subject to hydrolysis) is 1. The number of nitrogens with one attached hydrogen (secondary N) is 2. The van der Waals surface area contributed by atoms with Gasteiger partial charge in [-0.25, -0.2) is 9.59 Å². The average molecular weight is 468 g/mol. The van der Waals surface area contributed by atoms with Gasteiger partial charge in [-0.3, -0.25) is 4.79 Å². The van der Waals surface area contributed by atoms with Crippen molar-refractivity contribution in [1.82, 2.24) is 10.6 Å². The number of carbonyl (C=O) groups excluding carboxylic acids is 2. The summed E-state index contributed by atoms with van der Waals surface area (Å²) >= 11 is 0. The lowest BCUT2D eigenvalue weighted by Crippen LogP contribution is -2.44. The maximum atomic E-state index is 12.6. The predicted molar refractivity (Wildman–Crippen MR) is 110 cm³/mol. The van der Waals surface area contributed by atoms with Gasteiger partial charge in [-0.1, -0.05) is 42.5 Å². The number of amides is 2.